The first kappa shape index (κ1) is 16.9. The summed E-state index contributed by atoms with van der Waals surface area (Å²) in [6.45, 7) is -1.12. The van der Waals surface area contributed by atoms with Crippen LogP contribution in [-0.2, 0) is 6.54 Å². The van der Waals surface area contributed by atoms with Crippen molar-refractivity contribution < 1.29 is 27.1 Å². The highest BCUT2D eigenvalue weighted by atomic mass is 19.4. The molecule has 1 N–H and O–H groups in total. The fourth-order valence-corrected chi connectivity index (χ4v) is 2.23. The molecule has 0 spiro atoms. The van der Waals surface area contributed by atoms with Crippen molar-refractivity contribution in [2.75, 3.05) is 6.61 Å². The average molecular weight is 349 g/mol. The lowest BCUT2D eigenvalue weighted by Gasteiger charge is -2.09. The molecule has 0 saturated carbocycles. The maximum absolute atomic E-state index is 12.1. The number of halogens is 3. The number of hydrogen-bond donors (Lipinski definition) is 1. The van der Waals surface area contributed by atoms with Crippen LogP contribution in [0, 0.1) is 0 Å². The molecule has 0 aliphatic rings. The van der Waals surface area contributed by atoms with Gasteiger partial charge in [-0.25, -0.2) is 0 Å². The molecule has 0 radical (unpaired) electrons. The molecule has 3 rings (SSSR count). The van der Waals surface area contributed by atoms with E-state index in [1.54, 1.807) is 24.3 Å². The predicted molar refractivity (Wildman–Crippen MR) is 85.4 cm³/mol. The van der Waals surface area contributed by atoms with Crippen LogP contribution in [0.2, 0.25) is 0 Å². The molecule has 0 bridgehead atoms. The first-order chi connectivity index (χ1) is 11.9. The van der Waals surface area contributed by atoms with E-state index in [1.165, 1.54) is 12.1 Å². The quantitative estimate of drug-likeness (QED) is 0.747. The number of hydrogen-bond acceptors (Lipinski definition) is 3. The van der Waals surface area contributed by atoms with E-state index in [4.69, 9.17) is 4.42 Å². The van der Waals surface area contributed by atoms with Crippen molar-refractivity contribution in [1.82, 2.24) is 5.32 Å². The van der Waals surface area contributed by atoms with Gasteiger partial charge in [0, 0.05) is 11.9 Å². The summed E-state index contributed by atoms with van der Waals surface area (Å²) in [6, 6.07) is 15.0. The normalized spacial score (nSPS) is 11.5. The van der Waals surface area contributed by atoms with Crippen LogP contribution < -0.4 is 10.1 Å². The number of benzene rings is 2. The van der Waals surface area contributed by atoms with Crippen molar-refractivity contribution in [3.8, 4) is 5.75 Å². The van der Waals surface area contributed by atoms with Crippen molar-refractivity contribution in [3.63, 3.8) is 0 Å². The van der Waals surface area contributed by atoms with E-state index in [0.29, 0.717) is 5.58 Å². The molecule has 0 atom stereocenters. The van der Waals surface area contributed by atoms with Crippen molar-refractivity contribution in [2.45, 2.75) is 12.7 Å². The van der Waals surface area contributed by atoms with Crippen molar-refractivity contribution >= 4 is 16.9 Å². The second-order valence-corrected chi connectivity index (χ2v) is 5.38. The number of ether oxygens (including phenoxy) is 1. The zero-order valence-corrected chi connectivity index (χ0v) is 13.0. The highest BCUT2D eigenvalue weighted by Gasteiger charge is 2.28. The number of amides is 1. The zero-order valence-electron chi connectivity index (χ0n) is 13.0. The molecule has 130 valence electrons. The Labute approximate surface area is 141 Å². The molecule has 0 aliphatic heterocycles. The van der Waals surface area contributed by atoms with E-state index in [0.717, 1.165) is 10.9 Å². The number of alkyl halides is 3. The first-order valence-corrected chi connectivity index (χ1v) is 7.46. The minimum absolute atomic E-state index is 0.115. The minimum atomic E-state index is -4.38. The molecule has 4 nitrogen and oxygen atoms in total. The molecule has 2 aromatic carbocycles. The minimum Gasteiger partial charge on any atom is -0.484 e. The predicted octanol–water partition coefficient (Wildman–Crippen LogP) is 4.30. The fourth-order valence-electron chi connectivity index (χ4n) is 2.23. The molecule has 1 amide bonds. The Kier molecular flexibility index (Phi) is 4.65. The van der Waals surface area contributed by atoms with Gasteiger partial charge in [-0.3, -0.25) is 4.79 Å². The molecular formula is C18H14F3NO3. The van der Waals surface area contributed by atoms with Crippen LogP contribution in [0.15, 0.2) is 59.0 Å². The number of carbonyl (C=O) groups is 1. The van der Waals surface area contributed by atoms with E-state index in [1.807, 2.05) is 18.2 Å². The second-order valence-electron chi connectivity index (χ2n) is 5.38. The maximum atomic E-state index is 12.1. The lowest BCUT2D eigenvalue weighted by Crippen LogP contribution is -2.22. The van der Waals surface area contributed by atoms with Crippen molar-refractivity contribution in [2.24, 2.45) is 0 Å². The maximum Gasteiger partial charge on any atom is 0.422 e. The molecule has 0 fully saturated rings. The van der Waals surface area contributed by atoms with Gasteiger partial charge in [0.05, 0.1) is 0 Å². The molecule has 0 saturated heterocycles. The van der Waals surface area contributed by atoms with Crippen LogP contribution >= 0.6 is 0 Å². The number of furan rings is 1. The third-order valence-corrected chi connectivity index (χ3v) is 3.43. The Hall–Kier alpha value is -2.96. The Morgan fingerprint density at radius 1 is 1.08 bits per heavy atom. The topological polar surface area (TPSA) is 51.5 Å². The summed E-state index contributed by atoms with van der Waals surface area (Å²) in [4.78, 5) is 12.1. The summed E-state index contributed by atoms with van der Waals surface area (Å²) in [6.07, 6.45) is -4.38. The lowest BCUT2D eigenvalue weighted by molar-refractivity contribution is -0.153. The second kappa shape index (κ2) is 6.88. The number of carbonyl (C=O) groups excluding carboxylic acids is 1. The van der Waals surface area contributed by atoms with Crippen LogP contribution in [0.5, 0.6) is 5.75 Å². The largest absolute Gasteiger partial charge is 0.484 e. The smallest absolute Gasteiger partial charge is 0.422 e. The summed E-state index contributed by atoms with van der Waals surface area (Å²) in [7, 11) is 0. The van der Waals surface area contributed by atoms with Gasteiger partial charge in [-0.1, -0.05) is 30.3 Å². The Morgan fingerprint density at radius 2 is 1.80 bits per heavy atom. The summed E-state index contributed by atoms with van der Waals surface area (Å²) >= 11 is 0. The van der Waals surface area contributed by atoms with Gasteiger partial charge in [0.25, 0.3) is 5.91 Å². The van der Waals surface area contributed by atoms with Gasteiger partial charge in [-0.05, 0) is 29.8 Å². The number of para-hydroxylation sites is 1. The third-order valence-electron chi connectivity index (χ3n) is 3.43. The average Bonchev–Trinajstić information content (AvgIpc) is 3.02. The van der Waals surface area contributed by atoms with E-state index >= 15 is 0 Å². The van der Waals surface area contributed by atoms with Gasteiger partial charge in [-0.15, -0.1) is 0 Å². The van der Waals surface area contributed by atoms with Gasteiger partial charge in [-0.2, -0.15) is 13.2 Å². The SMILES string of the molecule is O=C(NCc1ccc(OCC(F)(F)F)cc1)c1cc2ccccc2o1. The fraction of sp³-hybridized carbons (Fsp3) is 0.167. The molecular weight excluding hydrogens is 335 g/mol. The Morgan fingerprint density at radius 3 is 2.48 bits per heavy atom. The van der Waals surface area contributed by atoms with Gasteiger partial charge in [0.2, 0.25) is 0 Å². The summed E-state index contributed by atoms with van der Waals surface area (Å²) in [5.41, 5.74) is 1.35. The van der Waals surface area contributed by atoms with E-state index < -0.39 is 12.8 Å². The Bertz CT molecular complexity index is 836. The molecule has 1 aromatic heterocycles. The summed E-state index contributed by atoms with van der Waals surface area (Å²) in [5.74, 6) is -0.0513. The monoisotopic (exact) mass is 349 g/mol. The van der Waals surface area contributed by atoms with Crippen LogP contribution in [0.4, 0.5) is 13.2 Å². The standard InChI is InChI=1S/C18H14F3NO3/c19-18(20,21)11-24-14-7-5-12(6-8-14)10-22-17(23)16-9-13-3-1-2-4-15(13)25-16/h1-9H,10-11H2,(H,22,23). The summed E-state index contributed by atoms with van der Waals surface area (Å²) in [5, 5.41) is 3.53. The van der Waals surface area contributed by atoms with E-state index in [2.05, 4.69) is 10.1 Å². The van der Waals surface area contributed by atoms with Crippen molar-refractivity contribution in [1.29, 1.82) is 0 Å². The highest BCUT2D eigenvalue weighted by Crippen LogP contribution is 2.20. The van der Waals surface area contributed by atoms with Crippen LogP contribution in [0.1, 0.15) is 16.1 Å². The molecule has 0 aliphatic carbocycles. The number of fused-ring (bicyclic) bond motifs is 1. The summed E-state index contributed by atoms with van der Waals surface area (Å²) < 4.78 is 46.4. The molecule has 3 aromatic rings. The molecule has 1 heterocycles. The van der Waals surface area contributed by atoms with E-state index in [9.17, 15) is 18.0 Å². The van der Waals surface area contributed by atoms with Crippen molar-refractivity contribution in [3.05, 3.63) is 65.9 Å². The van der Waals surface area contributed by atoms with Gasteiger partial charge in [0.1, 0.15) is 11.3 Å². The lowest BCUT2D eigenvalue weighted by atomic mass is 10.2. The molecule has 25 heavy (non-hydrogen) atoms. The zero-order chi connectivity index (χ0) is 17.9. The van der Waals surface area contributed by atoms with Crippen LogP contribution in [0.3, 0.4) is 0 Å². The molecule has 0 unspecified atom stereocenters. The van der Waals surface area contributed by atoms with Crippen LogP contribution in [-0.4, -0.2) is 18.7 Å². The van der Waals surface area contributed by atoms with E-state index in [-0.39, 0.29) is 24.0 Å². The Balaban J connectivity index is 1.56. The molecule has 7 heteroatoms. The van der Waals surface area contributed by atoms with Gasteiger partial charge >= 0.3 is 6.18 Å². The van der Waals surface area contributed by atoms with Gasteiger partial charge < -0.3 is 14.5 Å². The third kappa shape index (κ3) is 4.53. The first-order valence-electron chi connectivity index (χ1n) is 7.46. The number of rotatable bonds is 5. The number of nitrogens with one attached hydrogen (secondary N) is 1. The van der Waals surface area contributed by atoms with Crippen LogP contribution in [0.25, 0.3) is 11.0 Å². The van der Waals surface area contributed by atoms with Gasteiger partial charge in [0.15, 0.2) is 12.4 Å². The highest BCUT2D eigenvalue weighted by molar-refractivity contribution is 5.95.